The van der Waals surface area contributed by atoms with E-state index < -0.39 is 11.9 Å². The Morgan fingerprint density at radius 1 is 1.20 bits per heavy atom. The molecule has 2 amide bonds. The van der Waals surface area contributed by atoms with Crippen molar-refractivity contribution < 1.29 is 23.8 Å². The molecule has 2 aromatic rings. The number of nitrogens with zero attached hydrogens (tertiary/aromatic N) is 1. The first-order chi connectivity index (χ1) is 12.0. The van der Waals surface area contributed by atoms with Crippen molar-refractivity contribution in [3.8, 4) is 5.75 Å². The van der Waals surface area contributed by atoms with Crippen molar-refractivity contribution in [1.29, 1.82) is 0 Å². The Morgan fingerprint density at radius 2 is 1.96 bits per heavy atom. The maximum Gasteiger partial charge on any atom is 0.289 e. The summed E-state index contributed by atoms with van der Waals surface area (Å²) in [4.78, 5) is 24.4. The summed E-state index contributed by atoms with van der Waals surface area (Å²) in [6.45, 7) is 0.222. The molecule has 1 heterocycles. The zero-order chi connectivity index (χ0) is 17.8. The highest BCUT2D eigenvalue weighted by molar-refractivity contribution is 8.14. The number of aliphatic hydroxyl groups is 1. The molecule has 7 heteroatoms. The second-order valence-corrected chi connectivity index (χ2v) is 6.49. The molecule has 0 radical (unpaired) electrons. The van der Waals surface area contributed by atoms with Gasteiger partial charge in [-0.1, -0.05) is 36.0 Å². The van der Waals surface area contributed by atoms with Crippen LogP contribution < -0.4 is 4.74 Å². The van der Waals surface area contributed by atoms with Crippen LogP contribution in [0.4, 0.5) is 9.18 Å². The molecule has 25 heavy (non-hydrogen) atoms. The van der Waals surface area contributed by atoms with Crippen LogP contribution in [-0.2, 0) is 11.3 Å². The van der Waals surface area contributed by atoms with Crippen molar-refractivity contribution in [2.45, 2.75) is 12.6 Å². The Bertz CT molecular complexity index is 765. The van der Waals surface area contributed by atoms with Gasteiger partial charge in [-0.2, -0.15) is 0 Å². The smallest absolute Gasteiger partial charge is 0.289 e. The van der Waals surface area contributed by atoms with E-state index in [-0.39, 0.29) is 30.1 Å². The van der Waals surface area contributed by atoms with Gasteiger partial charge >= 0.3 is 0 Å². The SMILES string of the molecule is O=C1CSC(=O)N1Cc1ccc(OCC(O)c2cccc(F)c2)cc1. The van der Waals surface area contributed by atoms with Crippen LogP contribution in [-0.4, -0.2) is 33.5 Å². The van der Waals surface area contributed by atoms with Gasteiger partial charge in [0.1, 0.15) is 24.3 Å². The van der Waals surface area contributed by atoms with Crippen LogP contribution in [0.1, 0.15) is 17.2 Å². The van der Waals surface area contributed by atoms with Gasteiger partial charge in [0, 0.05) is 0 Å². The van der Waals surface area contributed by atoms with Gasteiger partial charge in [0.2, 0.25) is 5.91 Å². The molecule has 2 aromatic carbocycles. The molecule has 1 aliphatic rings. The maximum absolute atomic E-state index is 13.2. The third-order valence-corrected chi connectivity index (χ3v) is 4.60. The molecule has 1 unspecified atom stereocenters. The van der Waals surface area contributed by atoms with Crippen molar-refractivity contribution in [2.75, 3.05) is 12.4 Å². The monoisotopic (exact) mass is 361 g/mol. The van der Waals surface area contributed by atoms with E-state index >= 15 is 0 Å². The Labute approximate surface area is 148 Å². The third-order valence-electron chi connectivity index (χ3n) is 3.75. The fraction of sp³-hybridized carbons (Fsp3) is 0.222. The first-order valence-electron chi connectivity index (χ1n) is 7.65. The molecule has 1 atom stereocenters. The number of hydrogen-bond acceptors (Lipinski definition) is 5. The van der Waals surface area contributed by atoms with Crippen molar-refractivity contribution in [3.05, 3.63) is 65.5 Å². The van der Waals surface area contributed by atoms with Crippen molar-refractivity contribution in [2.24, 2.45) is 0 Å². The molecule has 0 spiro atoms. The van der Waals surface area contributed by atoms with E-state index in [4.69, 9.17) is 4.74 Å². The Balaban J connectivity index is 1.56. The van der Waals surface area contributed by atoms with Crippen molar-refractivity contribution >= 4 is 22.9 Å². The van der Waals surface area contributed by atoms with Crippen LogP contribution in [0, 0.1) is 5.82 Å². The Morgan fingerprint density at radius 3 is 2.60 bits per heavy atom. The second kappa shape index (κ2) is 7.67. The Kier molecular flexibility index (Phi) is 5.35. The highest BCUT2D eigenvalue weighted by atomic mass is 32.2. The minimum Gasteiger partial charge on any atom is -0.491 e. The number of hydrogen-bond donors (Lipinski definition) is 1. The largest absolute Gasteiger partial charge is 0.491 e. The van der Waals surface area contributed by atoms with Gasteiger partial charge < -0.3 is 9.84 Å². The molecule has 3 rings (SSSR count). The van der Waals surface area contributed by atoms with Crippen LogP contribution >= 0.6 is 11.8 Å². The molecule has 1 N–H and O–H groups in total. The molecule has 0 bridgehead atoms. The minimum atomic E-state index is -0.938. The fourth-order valence-corrected chi connectivity index (χ4v) is 3.12. The number of halogens is 1. The van der Waals surface area contributed by atoms with Gasteiger partial charge in [0.25, 0.3) is 5.24 Å². The third kappa shape index (κ3) is 4.37. The number of rotatable bonds is 6. The van der Waals surface area contributed by atoms with E-state index in [1.807, 2.05) is 0 Å². The van der Waals surface area contributed by atoms with E-state index in [1.165, 1.54) is 23.1 Å². The van der Waals surface area contributed by atoms with E-state index in [0.717, 1.165) is 17.3 Å². The van der Waals surface area contributed by atoms with Crippen LogP contribution in [0.3, 0.4) is 0 Å². The summed E-state index contributed by atoms with van der Waals surface area (Å²) >= 11 is 1.00. The van der Waals surface area contributed by atoms with Gasteiger partial charge in [-0.25, -0.2) is 4.39 Å². The van der Waals surface area contributed by atoms with Crippen molar-refractivity contribution in [3.63, 3.8) is 0 Å². The van der Waals surface area contributed by atoms with Crippen LogP contribution in [0.2, 0.25) is 0 Å². The summed E-state index contributed by atoms with van der Waals surface area (Å²) < 4.78 is 18.7. The predicted molar refractivity (Wildman–Crippen MR) is 91.7 cm³/mol. The maximum atomic E-state index is 13.2. The number of benzene rings is 2. The number of imide groups is 1. The van der Waals surface area contributed by atoms with Crippen molar-refractivity contribution in [1.82, 2.24) is 4.90 Å². The molecular weight excluding hydrogens is 345 g/mol. The fourth-order valence-electron chi connectivity index (χ4n) is 2.39. The van der Waals surface area contributed by atoms with E-state index in [2.05, 4.69) is 0 Å². The average molecular weight is 361 g/mol. The zero-order valence-electron chi connectivity index (χ0n) is 13.2. The minimum absolute atomic E-state index is 0.0114. The van der Waals surface area contributed by atoms with Gasteiger partial charge in [-0.3, -0.25) is 14.5 Å². The lowest BCUT2D eigenvalue weighted by molar-refractivity contribution is -0.125. The van der Waals surface area contributed by atoms with Gasteiger partial charge in [0.15, 0.2) is 0 Å². The molecule has 0 aromatic heterocycles. The predicted octanol–water partition coefficient (Wildman–Crippen LogP) is 3.13. The number of thioether (sulfide) groups is 1. The van der Waals surface area contributed by atoms with Crippen LogP contribution in [0.25, 0.3) is 0 Å². The Hall–Kier alpha value is -2.38. The second-order valence-electron chi connectivity index (χ2n) is 5.56. The zero-order valence-corrected chi connectivity index (χ0v) is 14.0. The van der Waals surface area contributed by atoms with E-state index in [0.29, 0.717) is 11.3 Å². The summed E-state index contributed by atoms with van der Waals surface area (Å²) in [6, 6.07) is 12.6. The van der Waals surface area contributed by atoms with Crippen LogP contribution in [0.15, 0.2) is 48.5 Å². The number of carbonyl (C=O) groups excluding carboxylic acids is 2. The molecule has 5 nitrogen and oxygen atoms in total. The number of ether oxygens (including phenoxy) is 1. The number of carbonyl (C=O) groups is 2. The molecule has 1 fully saturated rings. The van der Waals surface area contributed by atoms with E-state index in [1.54, 1.807) is 30.3 Å². The van der Waals surface area contributed by atoms with Gasteiger partial charge in [-0.05, 0) is 35.4 Å². The standard InChI is InChI=1S/C18H16FNO4S/c19-14-3-1-2-13(8-14)16(21)10-24-15-6-4-12(5-7-15)9-20-17(22)11-25-18(20)23/h1-8,16,21H,9-11H2. The molecule has 1 saturated heterocycles. The van der Waals surface area contributed by atoms with Gasteiger partial charge in [0.05, 0.1) is 12.3 Å². The van der Waals surface area contributed by atoms with E-state index in [9.17, 15) is 19.1 Å². The van der Waals surface area contributed by atoms with Crippen LogP contribution in [0.5, 0.6) is 5.75 Å². The lowest BCUT2D eigenvalue weighted by Crippen LogP contribution is -2.27. The summed E-state index contributed by atoms with van der Waals surface area (Å²) in [5, 5.41) is 9.80. The normalized spacial score (nSPS) is 15.5. The molecule has 130 valence electrons. The molecule has 0 saturated carbocycles. The highest BCUT2D eigenvalue weighted by Crippen LogP contribution is 2.23. The summed E-state index contributed by atoms with van der Waals surface area (Å²) in [5.74, 6) is 0.129. The summed E-state index contributed by atoms with van der Waals surface area (Å²) in [5.41, 5.74) is 1.25. The summed E-state index contributed by atoms with van der Waals surface area (Å²) in [6.07, 6.45) is -0.938. The molecular formula is C18H16FNO4S. The quantitative estimate of drug-likeness (QED) is 0.856. The molecule has 0 aliphatic carbocycles. The first-order valence-corrected chi connectivity index (χ1v) is 8.64. The average Bonchev–Trinajstić information content (AvgIpc) is 2.93. The summed E-state index contributed by atoms with van der Waals surface area (Å²) in [7, 11) is 0. The first kappa shape index (κ1) is 17.4. The number of aliphatic hydroxyl groups excluding tert-OH is 1. The molecule has 1 aliphatic heterocycles. The highest BCUT2D eigenvalue weighted by Gasteiger charge is 2.29. The lowest BCUT2D eigenvalue weighted by Gasteiger charge is -2.15. The number of amides is 2. The lowest BCUT2D eigenvalue weighted by atomic mass is 10.1. The van der Waals surface area contributed by atoms with Gasteiger partial charge in [-0.15, -0.1) is 0 Å². The topological polar surface area (TPSA) is 66.8 Å².